The molecule has 5 heteroatoms. The molecule has 0 spiro atoms. The normalized spacial score (nSPS) is 16.9. The Morgan fingerprint density at radius 3 is 2.53 bits per heavy atom. The number of carboxylic acid groups (broad SMARTS) is 1. The molecule has 0 saturated heterocycles. The summed E-state index contributed by atoms with van der Waals surface area (Å²) in [6.07, 6.45) is 4.02. The molecule has 1 saturated carbocycles. The van der Waals surface area contributed by atoms with Crippen molar-refractivity contribution in [2.75, 3.05) is 6.61 Å². The minimum Gasteiger partial charge on any atom is -0.492 e. The molecule has 5 nitrogen and oxygen atoms in total. The molecular formula is C29H30O5. The lowest BCUT2D eigenvalue weighted by atomic mass is 9.93. The van der Waals surface area contributed by atoms with Gasteiger partial charge >= 0.3 is 5.97 Å². The molecule has 34 heavy (non-hydrogen) atoms. The summed E-state index contributed by atoms with van der Waals surface area (Å²) in [5.41, 5.74) is 6.83. The lowest BCUT2D eigenvalue weighted by Crippen LogP contribution is -2.24. The van der Waals surface area contributed by atoms with Gasteiger partial charge in [0.05, 0.1) is 19.1 Å². The summed E-state index contributed by atoms with van der Waals surface area (Å²) >= 11 is 0. The molecule has 0 bridgehead atoms. The average Bonchev–Trinajstić information content (AvgIpc) is 3.16. The highest BCUT2D eigenvalue weighted by Gasteiger charge is 2.26. The van der Waals surface area contributed by atoms with Crippen molar-refractivity contribution in [3.05, 3.63) is 76.9 Å². The van der Waals surface area contributed by atoms with Crippen LogP contribution in [0.15, 0.2) is 54.6 Å². The fourth-order valence-corrected chi connectivity index (χ4v) is 4.84. The van der Waals surface area contributed by atoms with Crippen LogP contribution < -0.4 is 14.2 Å². The quantitative estimate of drug-likeness (QED) is 0.421. The van der Waals surface area contributed by atoms with Gasteiger partial charge in [0.15, 0.2) is 0 Å². The van der Waals surface area contributed by atoms with E-state index >= 15 is 0 Å². The van der Waals surface area contributed by atoms with Crippen molar-refractivity contribution >= 4 is 5.97 Å². The molecule has 1 heterocycles. The molecule has 5 rings (SSSR count). The van der Waals surface area contributed by atoms with E-state index in [1.807, 2.05) is 18.2 Å². The topological polar surface area (TPSA) is 65.0 Å². The molecule has 0 unspecified atom stereocenters. The van der Waals surface area contributed by atoms with Crippen LogP contribution in [0.5, 0.6) is 17.2 Å². The second-order valence-electron chi connectivity index (χ2n) is 9.40. The summed E-state index contributed by atoms with van der Waals surface area (Å²) in [4.78, 5) is 11.1. The number of aliphatic carboxylic acids is 1. The third-order valence-corrected chi connectivity index (χ3v) is 6.77. The molecule has 1 aliphatic heterocycles. The lowest BCUT2D eigenvalue weighted by Gasteiger charge is -2.27. The van der Waals surface area contributed by atoms with Gasteiger partial charge in [-0.25, -0.2) is 0 Å². The number of hydrogen-bond donors (Lipinski definition) is 1. The molecule has 1 atom stereocenters. The van der Waals surface area contributed by atoms with Crippen molar-refractivity contribution in [1.29, 1.82) is 0 Å². The summed E-state index contributed by atoms with van der Waals surface area (Å²) in [5.74, 6) is 1.48. The monoisotopic (exact) mass is 458 g/mol. The van der Waals surface area contributed by atoms with Crippen LogP contribution in [-0.2, 0) is 11.4 Å². The van der Waals surface area contributed by atoms with E-state index < -0.39 is 5.97 Å². The Morgan fingerprint density at radius 1 is 1.03 bits per heavy atom. The minimum absolute atomic E-state index is 0.0759. The van der Waals surface area contributed by atoms with Crippen LogP contribution in [0.1, 0.15) is 53.9 Å². The second-order valence-corrected chi connectivity index (χ2v) is 9.40. The fraction of sp³-hybridized carbons (Fsp3) is 0.345. The van der Waals surface area contributed by atoms with Crippen LogP contribution in [-0.4, -0.2) is 23.8 Å². The average molecular weight is 459 g/mol. The highest BCUT2D eigenvalue weighted by molar-refractivity contribution is 5.72. The Bertz CT molecular complexity index is 1190. The number of fused-ring (bicyclic) bond motifs is 1. The highest BCUT2D eigenvalue weighted by Crippen LogP contribution is 2.38. The summed E-state index contributed by atoms with van der Waals surface area (Å²) in [7, 11) is 0. The molecule has 0 radical (unpaired) electrons. The Morgan fingerprint density at radius 2 is 1.82 bits per heavy atom. The molecule has 2 aliphatic rings. The van der Waals surface area contributed by atoms with Gasteiger partial charge in [0, 0.05) is 17.5 Å². The van der Waals surface area contributed by atoms with E-state index in [-0.39, 0.29) is 12.3 Å². The minimum atomic E-state index is -0.812. The maximum absolute atomic E-state index is 11.1. The van der Waals surface area contributed by atoms with Crippen molar-refractivity contribution in [2.45, 2.75) is 58.2 Å². The number of benzene rings is 3. The van der Waals surface area contributed by atoms with Crippen LogP contribution in [0, 0.1) is 13.8 Å². The van der Waals surface area contributed by atoms with E-state index in [0.717, 1.165) is 29.7 Å². The lowest BCUT2D eigenvalue weighted by molar-refractivity contribution is -0.137. The summed E-state index contributed by atoms with van der Waals surface area (Å²) in [6, 6.07) is 18.4. The first kappa shape index (κ1) is 22.3. The second kappa shape index (κ2) is 9.41. The maximum atomic E-state index is 11.1. The van der Waals surface area contributed by atoms with Gasteiger partial charge in [0.25, 0.3) is 0 Å². The zero-order valence-corrected chi connectivity index (χ0v) is 19.7. The molecule has 0 aromatic heterocycles. The molecule has 3 aromatic carbocycles. The highest BCUT2D eigenvalue weighted by atomic mass is 16.5. The molecule has 1 N–H and O–H groups in total. The fourth-order valence-electron chi connectivity index (χ4n) is 4.84. The Hall–Kier alpha value is -3.47. The Kier molecular flexibility index (Phi) is 6.18. The SMILES string of the molecule is Cc1cc(OC2CCC2)cc(C)c1-c1cccc(COc2ccc3c(c2)OC[C@H]3CC(=O)O)c1. The van der Waals surface area contributed by atoms with Crippen molar-refractivity contribution in [1.82, 2.24) is 0 Å². The summed E-state index contributed by atoms with van der Waals surface area (Å²) in [6.45, 7) is 5.12. The van der Waals surface area contributed by atoms with Crippen molar-refractivity contribution < 1.29 is 24.1 Å². The van der Waals surface area contributed by atoms with E-state index in [1.54, 1.807) is 0 Å². The van der Waals surface area contributed by atoms with Gasteiger partial charge in [0.1, 0.15) is 23.9 Å². The van der Waals surface area contributed by atoms with Gasteiger partial charge in [-0.1, -0.05) is 24.3 Å². The van der Waals surface area contributed by atoms with Gasteiger partial charge in [0.2, 0.25) is 0 Å². The first-order valence-electron chi connectivity index (χ1n) is 11.9. The molecule has 0 amide bonds. The van der Waals surface area contributed by atoms with Crippen LogP contribution in [0.2, 0.25) is 0 Å². The Balaban J connectivity index is 1.28. The van der Waals surface area contributed by atoms with Gasteiger partial charge in [-0.3, -0.25) is 4.79 Å². The van der Waals surface area contributed by atoms with Crippen LogP contribution in [0.3, 0.4) is 0 Å². The number of carbonyl (C=O) groups is 1. The molecule has 3 aromatic rings. The first-order valence-corrected chi connectivity index (χ1v) is 11.9. The number of rotatable bonds is 8. The predicted molar refractivity (Wildman–Crippen MR) is 131 cm³/mol. The standard InChI is InChI=1S/C29H30O5/c1-18-11-25(34-23-7-4-8-23)12-19(2)29(18)21-6-3-5-20(13-21)16-32-24-9-10-26-22(14-28(30)31)17-33-27(26)15-24/h3,5-6,9-13,15,22-23H,4,7-8,14,16-17H2,1-2H3,(H,30,31)/t22-/m1/s1. The van der Waals surface area contributed by atoms with Gasteiger partial charge < -0.3 is 19.3 Å². The van der Waals surface area contributed by atoms with Crippen LogP contribution >= 0.6 is 0 Å². The number of hydrogen-bond acceptors (Lipinski definition) is 4. The van der Waals surface area contributed by atoms with E-state index in [2.05, 4.69) is 50.2 Å². The molecular weight excluding hydrogens is 428 g/mol. The van der Waals surface area contributed by atoms with Crippen LogP contribution in [0.4, 0.5) is 0 Å². The van der Waals surface area contributed by atoms with Gasteiger partial charge in [-0.2, -0.15) is 0 Å². The molecule has 1 aliphatic carbocycles. The predicted octanol–water partition coefficient (Wildman–Crippen LogP) is 6.43. The van der Waals surface area contributed by atoms with Crippen molar-refractivity contribution in [2.24, 2.45) is 0 Å². The first-order chi connectivity index (χ1) is 16.5. The molecule has 176 valence electrons. The number of ether oxygens (including phenoxy) is 3. The van der Waals surface area contributed by atoms with Crippen LogP contribution in [0.25, 0.3) is 11.1 Å². The smallest absolute Gasteiger partial charge is 0.304 e. The zero-order chi connectivity index (χ0) is 23.7. The number of carboxylic acids is 1. The van der Waals surface area contributed by atoms with E-state index in [4.69, 9.17) is 19.3 Å². The van der Waals surface area contributed by atoms with Crippen molar-refractivity contribution in [3.63, 3.8) is 0 Å². The van der Waals surface area contributed by atoms with E-state index in [1.165, 1.54) is 28.7 Å². The number of aryl methyl sites for hydroxylation is 2. The maximum Gasteiger partial charge on any atom is 0.304 e. The summed E-state index contributed by atoms with van der Waals surface area (Å²) < 4.78 is 17.9. The van der Waals surface area contributed by atoms with Gasteiger partial charge in [-0.15, -0.1) is 0 Å². The summed E-state index contributed by atoms with van der Waals surface area (Å²) in [5, 5.41) is 9.08. The zero-order valence-electron chi connectivity index (χ0n) is 19.7. The van der Waals surface area contributed by atoms with Gasteiger partial charge in [-0.05, 0) is 85.2 Å². The largest absolute Gasteiger partial charge is 0.492 e. The third kappa shape index (κ3) is 4.74. The molecule has 1 fully saturated rings. The van der Waals surface area contributed by atoms with E-state index in [9.17, 15) is 4.79 Å². The third-order valence-electron chi connectivity index (χ3n) is 6.77. The van der Waals surface area contributed by atoms with E-state index in [0.29, 0.717) is 30.8 Å². The van der Waals surface area contributed by atoms with Crippen molar-refractivity contribution in [3.8, 4) is 28.4 Å². The Labute approximate surface area is 200 Å².